The van der Waals surface area contributed by atoms with E-state index in [1.807, 2.05) is 18.2 Å². The Balaban J connectivity index is 2.27. The molecule has 106 valence electrons. The van der Waals surface area contributed by atoms with Gasteiger partial charge in [0.15, 0.2) is 11.0 Å². The number of ether oxygens (including phenoxy) is 1. The molecule has 0 radical (unpaired) electrons. The van der Waals surface area contributed by atoms with E-state index in [9.17, 15) is 4.79 Å². The number of thioether (sulfide) groups is 1. The smallest absolute Gasteiger partial charge is 0.313 e. The van der Waals surface area contributed by atoms with Crippen molar-refractivity contribution in [2.45, 2.75) is 5.16 Å². The van der Waals surface area contributed by atoms with Gasteiger partial charge in [0.25, 0.3) is 0 Å². The highest BCUT2D eigenvalue weighted by atomic mass is 79.9. The van der Waals surface area contributed by atoms with Gasteiger partial charge in [0.05, 0.1) is 17.3 Å². The van der Waals surface area contributed by atoms with Crippen LogP contribution in [0.3, 0.4) is 0 Å². The minimum absolute atomic E-state index is 0.0434. The monoisotopic (exact) mass is 357 g/mol. The lowest BCUT2D eigenvalue weighted by Gasteiger charge is -2.03. The molecule has 0 aliphatic carbocycles. The summed E-state index contributed by atoms with van der Waals surface area (Å²) < 4.78 is 7.55. The summed E-state index contributed by atoms with van der Waals surface area (Å²) in [6, 6.07) is 5.53. The highest BCUT2D eigenvalue weighted by Gasteiger charge is 2.12. The molecule has 2 aromatic rings. The molecule has 0 bridgehead atoms. The summed E-state index contributed by atoms with van der Waals surface area (Å²) in [5.74, 6) is 0.346. The summed E-state index contributed by atoms with van der Waals surface area (Å²) in [6.45, 7) is 0. The van der Waals surface area contributed by atoms with Crippen LogP contribution in [0.4, 0.5) is 0 Å². The Labute approximate surface area is 128 Å². The Morgan fingerprint density at radius 3 is 2.90 bits per heavy atom. The third kappa shape index (κ3) is 3.31. The first-order chi connectivity index (χ1) is 9.51. The van der Waals surface area contributed by atoms with Gasteiger partial charge in [0, 0.05) is 12.6 Å². The van der Waals surface area contributed by atoms with Crippen LogP contribution in [-0.2, 0) is 11.8 Å². The Bertz CT molecular complexity index is 645. The summed E-state index contributed by atoms with van der Waals surface area (Å²) in [7, 11) is 3.33. The predicted octanol–water partition coefficient (Wildman–Crippen LogP) is 2.43. The van der Waals surface area contributed by atoms with Gasteiger partial charge in [0.1, 0.15) is 5.75 Å². The van der Waals surface area contributed by atoms with Gasteiger partial charge in [-0.25, -0.2) is 9.67 Å². The number of carboxylic acids is 1. The number of carboxylic acid groups (broad SMARTS) is 1. The Morgan fingerprint density at radius 1 is 1.55 bits per heavy atom. The fourth-order valence-corrected chi connectivity index (χ4v) is 2.72. The van der Waals surface area contributed by atoms with Gasteiger partial charge in [-0.1, -0.05) is 11.8 Å². The molecule has 0 spiro atoms. The highest BCUT2D eigenvalue weighted by molar-refractivity contribution is 9.10. The molecule has 1 aromatic heterocycles. The number of aryl methyl sites for hydroxylation is 1. The molecule has 6 nitrogen and oxygen atoms in total. The van der Waals surface area contributed by atoms with Gasteiger partial charge in [-0.15, -0.1) is 0 Å². The number of nitrogens with zero attached hydrogens (tertiary/aromatic N) is 3. The van der Waals surface area contributed by atoms with E-state index in [4.69, 9.17) is 9.84 Å². The number of benzene rings is 1. The van der Waals surface area contributed by atoms with Crippen LogP contribution in [0.1, 0.15) is 0 Å². The predicted molar refractivity (Wildman–Crippen MR) is 79.1 cm³/mol. The number of rotatable bonds is 5. The second kappa shape index (κ2) is 6.27. The average Bonchev–Trinajstić information content (AvgIpc) is 2.77. The van der Waals surface area contributed by atoms with Crippen molar-refractivity contribution in [1.82, 2.24) is 14.8 Å². The average molecular weight is 358 g/mol. The van der Waals surface area contributed by atoms with E-state index >= 15 is 0 Å². The van der Waals surface area contributed by atoms with E-state index in [0.717, 1.165) is 27.5 Å². The van der Waals surface area contributed by atoms with Crippen molar-refractivity contribution in [3.63, 3.8) is 0 Å². The molecular formula is C12H12BrN3O3S. The fourth-order valence-electron chi connectivity index (χ4n) is 1.55. The van der Waals surface area contributed by atoms with E-state index in [1.165, 1.54) is 0 Å². The summed E-state index contributed by atoms with van der Waals surface area (Å²) in [6.07, 6.45) is 0. The lowest BCUT2D eigenvalue weighted by Crippen LogP contribution is -2.00. The molecular weight excluding hydrogens is 346 g/mol. The summed E-state index contributed by atoms with van der Waals surface area (Å²) >= 11 is 4.55. The first-order valence-corrected chi connectivity index (χ1v) is 7.38. The number of aromatic nitrogens is 3. The van der Waals surface area contributed by atoms with E-state index < -0.39 is 5.97 Å². The lowest BCUT2D eigenvalue weighted by atomic mass is 10.2. The van der Waals surface area contributed by atoms with E-state index in [1.54, 1.807) is 18.8 Å². The molecule has 0 fully saturated rings. The Morgan fingerprint density at radius 2 is 2.30 bits per heavy atom. The van der Waals surface area contributed by atoms with Crippen LogP contribution in [0.5, 0.6) is 5.75 Å². The molecule has 20 heavy (non-hydrogen) atoms. The lowest BCUT2D eigenvalue weighted by molar-refractivity contribution is -0.133. The fraction of sp³-hybridized carbons (Fsp3) is 0.250. The first kappa shape index (κ1) is 14.9. The minimum Gasteiger partial charge on any atom is -0.496 e. The zero-order chi connectivity index (χ0) is 14.7. The van der Waals surface area contributed by atoms with E-state index in [-0.39, 0.29) is 5.75 Å². The van der Waals surface area contributed by atoms with Crippen LogP contribution in [0.15, 0.2) is 27.8 Å². The molecule has 0 atom stereocenters. The molecule has 1 N–H and O–H groups in total. The van der Waals surface area contributed by atoms with Crippen molar-refractivity contribution in [1.29, 1.82) is 0 Å². The largest absolute Gasteiger partial charge is 0.496 e. The molecule has 0 saturated heterocycles. The second-order valence-electron chi connectivity index (χ2n) is 3.87. The van der Waals surface area contributed by atoms with Gasteiger partial charge in [-0.3, -0.25) is 4.79 Å². The number of hydrogen-bond acceptors (Lipinski definition) is 5. The van der Waals surface area contributed by atoms with Crippen LogP contribution >= 0.6 is 27.7 Å². The number of carbonyl (C=O) groups is 1. The number of methoxy groups -OCH3 is 1. The third-order valence-electron chi connectivity index (χ3n) is 2.46. The number of hydrogen-bond donors (Lipinski definition) is 1. The van der Waals surface area contributed by atoms with Gasteiger partial charge in [-0.2, -0.15) is 5.10 Å². The quantitative estimate of drug-likeness (QED) is 0.828. The standard InChI is InChI=1S/C12H12BrN3O3S/c1-16-12(20-6-10(17)18)14-11(15-16)7-3-4-9(19-2)8(13)5-7/h3-5H,6H2,1-2H3,(H,17,18). The Hall–Kier alpha value is -1.54. The van der Waals surface area contributed by atoms with Crippen LogP contribution < -0.4 is 4.74 Å². The van der Waals surface area contributed by atoms with E-state index in [0.29, 0.717) is 11.0 Å². The highest BCUT2D eigenvalue weighted by Crippen LogP contribution is 2.30. The van der Waals surface area contributed by atoms with Crippen LogP contribution in [0.25, 0.3) is 11.4 Å². The Kier molecular flexibility index (Phi) is 4.66. The van der Waals surface area contributed by atoms with Crippen molar-refractivity contribution >= 4 is 33.7 Å². The van der Waals surface area contributed by atoms with Crippen molar-refractivity contribution in [2.24, 2.45) is 7.05 Å². The van der Waals surface area contributed by atoms with Crippen LogP contribution in [-0.4, -0.2) is 38.7 Å². The number of halogens is 1. The summed E-state index contributed by atoms with van der Waals surface area (Å²) in [5, 5.41) is 13.5. The molecule has 8 heteroatoms. The zero-order valence-corrected chi connectivity index (χ0v) is 13.2. The molecule has 0 saturated carbocycles. The van der Waals surface area contributed by atoms with E-state index in [2.05, 4.69) is 26.0 Å². The SMILES string of the molecule is COc1ccc(-c2nc(SCC(=O)O)n(C)n2)cc1Br. The molecule has 0 aliphatic rings. The van der Waals surface area contributed by atoms with Gasteiger partial charge in [0.2, 0.25) is 0 Å². The van der Waals surface area contributed by atoms with Gasteiger partial charge in [-0.05, 0) is 34.1 Å². The number of aliphatic carboxylic acids is 1. The zero-order valence-electron chi connectivity index (χ0n) is 10.8. The van der Waals surface area contributed by atoms with Gasteiger partial charge < -0.3 is 9.84 Å². The summed E-state index contributed by atoms with van der Waals surface area (Å²) in [5.41, 5.74) is 0.829. The molecule has 2 rings (SSSR count). The minimum atomic E-state index is -0.883. The van der Waals surface area contributed by atoms with Crippen LogP contribution in [0, 0.1) is 0 Å². The molecule has 0 amide bonds. The maximum atomic E-state index is 10.6. The summed E-state index contributed by atoms with van der Waals surface area (Å²) in [4.78, 5) is 14.9. The molecule has 0 aliphatic heterocycles. The second-order valence-corrected chi connectivity index (χ2v) is 5.67. The maximum absolute atomic E-state index is 10.6. The molecule has 0 unspecified atom stereocenters. The molecule has 1 aromatic carbocycles. The van der Waals surface area contributed by atoms with Crippen molar-refractivity contribution < 1.29 is 14.6 Å². The van der Waals surface area contributed by atoms with Crippen LogP contribution in [0.2, 0.25) is 0 Å². The third-order valence-corrected chi connectivity index (χ3v) is 4.08. The topological polar surface area (TPSA) is 77.2 Å². The maximum Gasteiger partial charge on any atom is 0.313 e. The van der Waals surface area contributed by atoms with Gasteiger partial charge >= 0.3 is 5.97 Å². The van der Waals surface area contributed by atoms with Crippen molar-refractivity contribution in [3.05, 3.63) is 22.7 Å². The van der Waals surface area contributed by atoms with Crippen molar-refractivity contribution in [2.75, 3.05) is 12.9 Å². The first-order valence-electron chi connectivity index (χ1n) is 5.61. The normalized spacial score (nSPS) is 10.6. The van der Waals surface area contributed by atoms with Crippen molar-refractivity contribution in [3.8, 4) is 17.1 Å². The molecule has 1 heterocycles.